The molecule has 0 atom stereocenters. The SMILES string of the molecule is CC(C)(C)NCC1(O)CCC(C(C)(C)C)CC1. The van der Waals surface area contributed by atoms with Crippen molar-refractivity contribution < 1.29 is 5.11 Å². The van der Waals surface area contributed by atoms with E-state index < -0.39 is 5.60 Å². The van der Waals surface area contributed by atoms with Crippen LogP contribution in [0.5, 0.6) is 0 Å². The first-order chi connectivity index (χ1) is 7.52. The molecule has 0 aromatic heterocycles. The van der Waals surface area contributed by atoms with E-state index in [2.05, 4.69) is 46.9 Å². The Balaban J connectivity index is 2.44. The highest BCUT2D eigenvalue weighted by Crippen LogP contribution is 2.41. The maximum atomic E-state index is 10.6. The molecule has 0 bridgehead atoms. The Bertz CT molecular complexity index is 239. The van der Waals surface area contributed by atoms with E-state index in [0.717, 1.165) is 38.1 Å². The number of aliphatic hydroxyl groups is 1. The molecule has 2 N–H and O–H groups in total. The molecule has 0 unspecified atom stereocenters. The highest BCUT2D eigenvalue weighted by atomic mass is 16.3. The maximum absolute atomic E-state index is 10.6. The molecule has 0 aliphatic heterocycles. The van der Waals surface area contributed by atoms with Gasteiger partial charge in [0.05, 0.1) is 5.60 Å². The number of β-amino-alcohol motifs (C(OH)–C–C–N with tert-alkyl or cyclic N) is 1. The lowest BCUT2D eigenvalue weighted by Gasteiger charge is -2.42. The normalized spacial score (nSPS) is 31.6. The topological polar surface area (TPSA) is 32.3 Å². The molecule has 1 rings (SSSR count). The second kappa shape index (κ2) is 4.89. The lowest BCUT2D eigenvalue weighted by Crippen LogP contribution is -2.50. The average Bonchev–Trinajstić information content (AvgIpc) is 2.13. The minimum absolute atomic E-state index is 0.0939. The molecule has 102 valence electrons. The van der Waals surface area contributed by atoms with Crippen LogP contribution in [0.25, 0.3) is 0 Å². The second-order valence-electron chi connectivity index (χ2n) is 7.97. The fraction of sp³-hybridized carbons (Fsp3) is 1.00. The average molecular weight is 241 g/mol. The molecule has 0 radical (unpaired) electrons. The van der Waals surface area contributed by atoms with E-state index in [4.69, 9.17) is 0 Å². The van der Waals surface area contributed by atoms with Crippen molar-refractivity contribution >= 4 is 0 Å². The van der Waals surface area contributed by atoms with Gasteiger partial charge in [-0.3, -0.25) is 0 Å². The largest absolute Gasteiger partial charge is 0.389 e. The molecule has 0 aromatic rings. The van der Waals surface area contributed by atoms with E-state index in [1.54, 1.807) is 0 Å². The third kappa shape index (κ3) is 4.97. The molecular formula is C15H31NO. The van der Waals surface area contributed by atoms with Crippen LogP contribution in [0.4, 0.5) is 0 Å². The Labute approximate surface area is 107 Å². The van der Waals surface area contributed by atoms with Gasteiger partial charge in [-0.2, -0.15) is 0 Å². The van der Waals surface area contributed by atoms with Gasteiger partial charge < -0.3 is 10.4 Å². The molecule has 1 aliphatic carbocycles. The molecule has 0 heterocycles. The molecule has 1 fully saturated rings. The number of hydrogen-bond acceptors (Lipinski definition) is 2. The molecule has 0 aromatic carbocycles. The lowest BCUT2D eigenvalue weighted by atomic mass is 9.68. The Hall–Kier alpha value is -0.0800. The van der Waals surface area contributed by atoms with Gasteiger partial charge >= 0.3 is 0 Å². The van der Waals surface area contributed by atoms with E-state index in [0.29, 0.717) is 5.41 Å². The van der Waals surface area contributed by atoms with Crippen molar-refractivity contribution in [3.8, 4) is 0 Å². The van der Waals surface area contributed by atoms with Gasteiger partial charge in [-0.25, -0.2) is 0 Å². The van der Waals surface area contributed by atoms with Gasteiger partial charge in [0.2, 0.25) is 0 Å². The van der Waals surface area contributed by atoms with Crippen LogP contribution < -0.4 is 5.32 Å². The summed E-state index contributed by atoms with van der Waals surface area (Å²) in [6, 6.07) is 0. The third-order valence-electron chi connectivity index (χ3n) is 4.09. The van der Waals surface area contributed by atoms with Crippen LogP contribution in [-0.4, -0.2) is 22.8 Å². The van der Waals surface area contributed by atoms with E-state index in [-0.39, 0.29) is 5.54 Å². The van der Waals surface area contributed by atoms with E-state index in [1.165, 1.54) is 0 Å². The summed E-state index contributed by atoms with van der Waals surface area (Å²) in [5, 5.41) is 14.0. The molecule has 1 saturated carbocycles. The fourth-order valence-electron chi connectivity index (χ4n) is 2.63. The Morgan fingerprint density at radius 1 is 1.06 bits per heavy atom. The van der Waals surface area contributed by atoms with Crippen molar-refractivity contribution in [1.29, 1.82) is 0 Å². The van der Waals surface area contributed by atoms with E-state index >= 15 is 0 Å². The summed E-state index contributed by atoms with van der Waals surface area (Å²) in [6.07, 6.45) is 4.20. The maximum Gasteiger partial charge on any atom is 0.0772 e. The molecule has 0 saturated heterocycles. The fourth-order valence-corrected chi connectivity index (χ4v) is 2.63. The van der Waals surface area contributed by atoms with Crippen LogP contribution in [0.15, 0.2) is 0 Å². The smallest absolute Gasteiger partial charge is 0.0772 e. The van der Waals surface area contributed by atoms with Crippen molar-refractivity contribution in [3.63, 3.8) is 0 Å². The van der Waals surface area contributed by atoms with Crippen molar-refractivity contribution in [2.45, 2.75) is 78.4 Å². The van der Waals surface area contributed by atoms with E-state index in [9.17, 15) is 5.11 Å². The molecule has 1 aliphatic rings. The van der Waals surface area contributed by atoms with Gasteiger partial charge in [-0.05, 0) is 57.8 Å². The summed E-state index contributed by atoms with van der Waals surface area (Å²) in [6.45, 7) is 14.1. The predicted molar refractivity (Wildman–Crippen MR) is 74.1 cm³/mol. The zero-order chi connectivity index (χ0) is 13.3. The van der Waals surface area contributed by atoms with Gasteiger partial charge in [-0.15, -0.1) is 0 Å². The highest BCUT2D eigenvalue weighted by Gasteiger charge is 2.37. The van der Waals surface area contributed by atoms with Gasteiger partial charge in [0.25, 0.3) is 0 Å². The minimum atomic E-state index is -0.477. The molecule has 2 heteroatoms. The van der Waals surface area contributed by atoms with Crippen molar-refractivity contribution in [2.24, 2.45) is 11.3 Å². The molecular weight excluding hydrogens is 210 g/mol. The molecule has 17 heavy (non-hydrogen) atoms. The summed E-state index contributed by atoms with van der Waals surface area (Å²) in [7, 11) is 0. The second-order valence-corrected chi connectivity index (χ2v) is 7.97. The van der Waals surface area contributed by atoms with Gasteiger partial charge in [-0.1, -0.05) is 20.8 Å². The summed E-state index contributed by atoms with van der Waals surface area (Å²) in [4.78, 5) is 0. The highest BCUT2D eigenvalue weighted by molar-refractivity contribution is 4.91. The van der Waals surface area contributed by atoms with Gasteiger partial charge in [0.1, 0.15) is 0 Å². The lowest BCUT2D eigenvalue weighted by molar-refractivity contribution is -0.0273. The van der Waals surface area contributed by atoms with Crippen LogP contribution >= 0.6 is 0 Å². The molecule has 2 nitrogen and oxygen atoms in total. The summed E-state index contributed by atoms with van der Waals surface area (Å²) in [5.74, 6) is 0.761. The van der Waals surface area contributed by atoms with Crippen LogP contribution in [0, 0.1) is 11.3 Å². The zero-order valence-electron chi connectivity index (χ0n) is 12.6. The predicted octanol–water partition coefficient (Wildman–Crippen LogP) is 3.34. The zero-order valence-corrected chi connectivity index (χ0v) is 12.6. The molecule has 0 amide bonds. The standard InChI is InChI=1S/C15H31NO/c1-13(2,3)12-7-9-15(17,10-8-12)11-16-14(4,5)6/h12,16-17H,7-11H2,1-6H3. The first-order valence-electron chi connectivity index (χ1n) is 6.99. The summed E-state index contributed by atoms with van der Waals surface area (Å²) < 4.78 is 0. The summed E-state index contributed by atoms with van der Waals surface area (Å²) >= 11 is 0. The number of hydrogen-bond donors (Lipinski definition) is 2. The van der Waals surface area contributed by atoms with Crippen LogP contribution in [0.2, 0.25) is 0 Å². The Morgan fingerprint density at radius 3 is 1.88 bits per heavy atom. The quantitative estimate of drug-likeness (QED) is 0.777. The minimum Gasteiger partial charge on any atom is -0.389 e. The van der Waals surface area contributed by atoms with Crippen molar-refractivity contribution in [2.75, 3.05) is 6.54 Å². The van der Waals surface area contributed by atoms with Crippen LogP contribution in [-0.2, 0) is 0 Å². The third-order valence-corrected chi connectivity index (χ3v) is 4.09. The number of rotatable bonds is 2. The van der Waals surface area contributed by atoms with E-state index in [1.807, 2.05) is 0 Å². The van der Waals surface area contributed by atoms with Crippen molar-refractivity contribution in [1.82, 2.24) is 5.32 Å². The van der Waals surface area contributed by atoms with Crippen LogP contribution in [0.1, 0.15) is 67.2 Å². The Morgan fingerprint density at radius 2 is 1.53 bits per heavy atom. The van der Waals surface area contributed by atoms with Crippen LogP contribution in [0.3, 0.4) is 0 Å². The van der Waals surface area contributed by atoms with Crippen molar-refractivity contribution in [3.05, 3.63) is 0 Å². The molecule has 0 spiro atoms. The monoisotopic (exact) mass is 241 g/mol. The van der Waals surface area contributed by atoms with Gasteiger partial charge in [0.15, 0.2) is 0 Å². The Kier molecular flexibility index (Phi) is 4.31. The first kappa shape index (κ1) is 15.0. The number of nitrogens with one attached hydrogen (secondary N) is 1. The van der Waals surface area contributed by atoms with Gasteiger partial charge in [0, 0.05) is 12.1 Å². The first-order valence-corrected chi connectivity index (χ1v) is 6.99. The summed E-state index contributed by atoms with van der Waals surface area (Å²) in [5.41, 5.74) is 0.00439.